The van der Waals surface area contributed by atoms with Crippen molar-refractivity contribution in [3.05, 3.63) is 16.1 Å². The monoisotopic (exact) mass is 267 g/mol. The van der Waals surface area contributed by atoms with Crippen LogP contribution in [-0.2, 0) is 0 Å². The topological polar surface area (TPSA) is 71.2 Å². The molecular formula is C8H11Cl2N3OS. The van der Waals surface area contributed by atoms with Gasteiger partial charge in [-0.1, -0.05) is 41.9 Å². The van der Waals surface area contributed by atoms with E-state index < -0.39 is 0 Å². The molecule has 0 amide bonds. The maximum absolute atomic E-state index is 8.91. The average Bonchev–Trinajstić information content (AvgIpc) is 2.21. The minimum Gasteiger partial charge on any atom is -0.395 e. The number of hydrazine groups is 1. The number of hydrogen-bond acceptors (Lipinski definition) is 5. The molecule has 4 nitrogen and oxygen atoms in total. The highest BCUT2D eigenvalue weighted by Gasteiger charge is 2.12. The second-order valence-corrected chi connectivity index (χ2v) is 5.10. The van der Waals surface area contributed by atoms with Gasteiger partial charge in [0.25, 0.3) is 0 Å². The van der Waals surface area contributed by atoms with Crippen LogP contribution in [0, 0.1) is 0 Å². The molecular weight excluding hydrogens is 257 g/mol. The Morgan fingerprint density at radius 1 is 1.60 bits per heavy atom. The zero-order valence-corrected chi connectivity index (χ0v) is 10.3. The van der Waals surface area contributed by atoms with Crippen LogP contribution in [0.5, 0.6) is 0 Å². The number of aliphatic hydroxyl groups excluding tert-OH is 1. The highest BCUT2D eigenvalue weighted by Crippen LogP contribution is 2.33. The molecule has 1 aromatic rings. The van der Waals surface area contributed by atoms with Crippen molar-refractivity contribution in [3.63, 3.8) is 0 Å². The summed E-state index contributed by atoms with van der Waals surface area (Å²) in [5.41, 5.74) is 2.38. The lowest BCUT2D eigenvalue weighted by atomic mass is 10.4. The van der Waals surface area contributed by atoms with Crippen LogP contribution < -0.4 is 11.3 Å². The zero-order chi connectivity index (χ0) is 11.4. The number of pyridine rings is 1. The number of nitrogens with one attached hydrogen (secondary N) is 1. The summed E-state index contributed by atoms with van der Waals surface area (Å²) >= 11 is 13.1. The van der Waals surface area contributed by atoms with E-state index in [2.05, 4.69) is 10.4 Å². The average molecular weight is 268 g/mol. The fourth-order valence-corrected chi connectivity index (χ4v) is 2.18. The van der Waals surface area contributed by atoms with E-state index in [1.54, 1.807) is 6.07 Å². The van der Waals surface area contributed by atoms with Crippen LogP contribution in [-0.4, -0.2) is 21.9 Å². The van der Waals surface area contributed by atoms with E-state index in [-0.39, 0.29) is 11.9 Å². The van der Waals surface area contributed by atoms with Gasteiger partial charge in [-0.2, -0.15) is 0 Å². The van der Waals surface area contributed by atoms with Gasteiger partial charge in [0, 0.05) is 5.25 Å². The van der Waals surface area contributed by atoms with Crippen LogP contribution in [0.25, 0.3) is 0 Å². The first-order valence-electron chi connectivity index (χ1n) is 4.18. The second kappa shape index (κ2) is 5.77. The predicted molar refractivity (Wildman–Crippen MR) is 64.5 cm³/mol. The van der Waals surface area contributed by atoms with E-state index in [1.165, 1.54) is 11.8 Å². The Labute approximate surface area is 102 Å². The summed E-state index contributed by atoms with van der Waals surface area (Å²) in [4.78, 5) is 4.13. The number of nitrogens with two attached hydrogens (primary N) is 1. The number of aromatic nitrogens is 1. The number of thioether (sulfide) groups is 1. The van der Waals surface area contributed by atoms with Gasteiger partial charge < -0.3 is 10.5 Å². The molecule has 7 heteroatoms. The summed E-state index contributed by atoms with van der Waals surface area (Å²) in [7, 11) is 0. The van der Waals surface area contributed by atoms with Crippen molar-refractivity contribution in [3.8, 4) is 0 Å². The molecule has 1 heterocycles. The largest absolute Gasteiger partial charge is 0.395 e. The number of halogens is 2. The SMILES string of the molecule is CC(CO)Sc1nc(NN)c(Cl)cc1Cl. The number of anilines is 1. The van der Waals surface area contributed by atoms with E-state index in [1.807, 2.05) is 6.92 Å². The number of aliphatic hydroxyl groups is 1. The lowest BCUT2D eigenvalue weighted by Crippen LogP contribution is -2.10. The highest BCUT2D eigenvalue weighted by atomic mass is 35.5. The molecule has 84 valence electrons. The lowest BCUT2D eigenvalue weighted by molar-refractivity contribution is 0.300. The first kappa shape index (κ1) is 12.9. The molecule has 0 aliphatic heterocycles. The molecule has 0 spiro atoms. The van der Waals surface area contributed by atoms with Crippen molar-refractivity contribution < 1.29 is 5.11 Å². The summed E-state index contributed by atoms with van der Waals surface area (Å²) in [6.45, 7) is 1.92. The molecule has 0 saturated heterocycles. The van der Waals surface area contributed by atoms with Crippen molar-refractivity contribution in [1.29, 1.82) is 0 Å². The first-order chi connectivity index (χ1) is 7.08. The second-order valence-electron chi connectivity index (χ2n) is 2.86. The molecule has 1 atom stereocenters. The van der Waals surface area contributed by atoms with Gasteiger partial charge >= 0.3 is 0 Å². The van der Waals surface area contributed by atoms with Gasteiger partial charge in [0.15, 0.2) is 5.82 Å². The first-order valence-corrected chi connectivity index (χ1v) is 5.82. The van der Waals surface area contributed by atoms with Crippen molar-refractivity contribution in [2.75, 3.05) is 12.0 Å². The summed E-state index contributed by atoms with van der Waals surface area (Å²) < 4.78 is 0. The Morgan fingerprint density at radius 3 is 2.80 bits per heavy atom. The van der Waals surface area contributed by atoms with Crippen molar-refractivity contribution >= 4 is 40.8 Å². The molecule has 1 rings (SSSR count). The Balaban J connectivity index is 2.97. The van der Waals surface area contributed by atoms with E-state index >= 15 is 0 Å². The van der Waals surface area contributed by atoms with Crippen LogP contribution in [0.2, 0.25) is 10.0 Å². The van der Waals surface area contributed by atoms with Crippen molar-refractivity contribution in [1.82, 2.24) is 4.98 Å². The number of nitrogen functional groups attached to an aromatic ring is 1. The van der Waals surface area contributed by atoms with Gasteiger partial charge in [0.2, 0.25) is 0 Å². The maximum Gasteiger partial charge on any atom is 0.160 e. The summed E-state index contributed by atoms with van der Waals surface area (Å²) in [5.74, 6) is 5.60. The standard InChI is InChI=1S/C8H11Cl2N3OS/c1-4(3-14)15-8-6(10)2-5(9)7(12-8)13-11/h2,4,14H,3,11H2,1H3,(H,12,13). The summed E-state index contributed by atoms with van der Waals surface area (Å²) in [6.07, 6.45) is 0. The van der Waals surface area contributed by atoms with Crippen LogP contribution in [0.4, 0.5) is 5.82 Å². The molecule has 0 radical (unpaired) electrons. The minimum atomic E-state index is 0.0156. The molecule has 15 heavy (non-hydrogen) atoms. The Bertz CT molecular complexity index is 351. The summed E-state index contributed by atoms with van der Waals surface area (Å²) in [5, 5.41) is 10.3. The third-order valence-corrected chi connectivity index (χ3v) is 3.38. The molecule has 0 aliphatic carbocycles. The molecule has 1 unspecified atom stereocenters. The third kappa shape index (κ3) is 3.39. The zero-order valence-electron chi connectivity index (χ0n) is 8.00. The molecule has 0 saturated carbocycles. The Hall–Kier alpha value is -0.200. The predicted octanol–water partition coefficient (Wildman–Crippen LogP) is 2.15. The lowest BCUT2D eigenvalue weighted by Gasteiger charge is -2.10. The van der Waals surface area contributed by atoms with Crippen LogP contribution >= 0.6 is 35.0 Å². The van der Waals surface area contributed by atoms with Crippen LogP contribution in [0.1, 0.15) is 6.92 Å². The molecule has 0 fully saturated rings. The number of nitrogens with zero attached hydrogens (tertiary/aromatic N) is 1. The van der Waals surface area contributed by atoms with E-state index in [9.17, 15) is 0 Å². The minimum absolute atomic E-state index is 0.0156. The van der Waals surface area contributed by atoms with Gasteiger partial charge in [0.1, 0.15) is 5.03 Å². The fourth-order valence-electron chi connectivity index (χ4n) is 0.861. The molecule has 4 N–H and O–H groups in total. The van der Waals surface area contributed by atoms with Gasteiger partial charge in [-0.25, -0.2) is 10.8 Å². The summed E-state index contributed by atoms with van der Waals surface area (Å²) in [6, 6.07) is 1.57. The Morgan fingerprint density at radius 2 is 2.27 bits per heavy atom. The van der Waals surface area contributed by atoms with Crippen LogP contribution in [0.3, 0.4) is 0 Å². The van der Waals surface area contributed by atoms with E-state index in [4.69, 9.17) is 34.2 Å². The third-order valence-electron chi connectivity index (χ3n) is 1.60. The fraction of sp³-hybridized carbons (Fsp3) is 0.375. The Kier molecular flexibility index (Phi) is 4.95. The normalized spacial score (nSPS) is 12.6. The quantitative estimate of drug-likeness (QED) is 0.443. The number of hydrogen-bond donors (Lipinski definition) is 3. The van der Waals surface area contributed by atoms with E-state index in [0.29, 0.717) is 20.9 Å². The van der Waals surface area contributed by atoms with Gasteiger partial charge in [-0.15, -0.1) is 0 Å². The van der Waals surface area contributed by atoms with Crippen molar-refractivity contribution in [2.24, 2.45) is 5.84 Å². The van der Waals surface area contributed by atoms with Crippen LogP contribution in [0.15, 0.2) is 11.1 Å². The van der Waals surface area contributed by atoms with E-state index in [0.717, 1.165) is 0 Å². The molecule has 0 bridgehead atoms. The highest BCUT2D eigenvalue weighted by molar-refractivity contribution is 8.00. The molecule has 0 aliphatic rings. The number of rotatable bonds is 4. The van der Waals surface area contributed by atoms with Gasteiger partial charge in [0.05, 0.1) is 16.7 Å². The molecule has 0 aromatic carbocycles. The van der Waals surface area contributed by atoms with Gasteiger partial charge in [-0.05, 0) is 6.07 Å². The molecule has 1 aromatic heterocycles. The smallest absolute Gasteiger partial charge is 0.160 e. The van der Waals surface area contributed by atoms with Crippen molar-refractivity contribution in [2.45, 2.75) is 17.2 Å². The maximum atomic E-state index is 8.91. The van der Waals surface area contributed by atoms with Gasteiger partial charge in [-0.3, -0.25) is 0 Å².